The molecule has 3 aromatic rings. The van der Waals surface area contributed by atoms with Gasteiger partial charge in [-0.3, -0.25) is 14.5 Å². The van der Waals surface area contributed by atoms with Gasteiger partial charge in [0.1, 0.15) is 23.0 Å². The Morgan fingerprint density at radius 2 is 1.58 bits per heavy atom. The zero-order chi connectivity index (χ0) is 26.0. The van der Waals surface area contributed by atoms with E-state index in [0.29, 0.717) is 28.3 Å². The van der Waals surface area contributed by atoms with Crippen molar-refractivity contribution in [2.75, 3.05) is 26.2 Å². The number of ketones is 1. The standard InChI is InChI=1S/C27H21ClN2O6/c1-34-18-10-6-16(7-11-18)24-23(25(31)19-12-20(28)22(36-3)13-21(19)35-2)26(32)27(33)30(24)17-8-4-15(14-29)5-9-17/h4-13,24,31H,1-3H3/b25-23+. The molecule has 0 radical (unpaired) electrons. The largest absolute Gasteiger partial charge is 0.507 e. The van der Waals surface area contributed by atoms with Crippen LogP contribution >= 0.6 is 11.6 Å². The molecule has 1 amide bonds. The lowest BCUT2D eigenvalue weighted by Gasteiger charge is -2.25. The molecule has 1 aliphatic heterocycles. The zero-order valence-corrected chi connectivity index (χ0v) is 20.4. The Bertz CT molecular complexity index is 1410. The molecule has 36 heavy (non-hydrogen) atoms. The Hall–Kier alpha value is -4.48. The van der Waals surface area contributed by atoms with Crippen molar-refractivity contribution in [3.63, 3.8) is 0 Å². The fourth-order valence-corrected chi connectivity index (χ4v) is 4.33. The van der Waals surface area contributed by atoms with E-state index in [1.807, 2.05) is 6.07 Å². The van der Waals surface area contributed by atoms with Crippen LogP contribution in [0.25, 0.3) is 5.76 Å². The maximum absolute atomic E-state index is 13.4. The summed E-state index contributed by atoms with van der Waals surface area (Å²) in [6.07, 6.45) is 0. The summed E-state index contributed by atoms with van der Waals surface area (Å²) in [7, 11) is 4.36. The smallest absolute Gasteiger partial charge is 0.300 e. The predicted octanol–water partition coefficient (Wildman–Crippen LogP) is 4.86. The lowest BCUT2D eigenvalue weighted by Crippen LogP contribution is -2.29. The molecule has 0 bridgehead atoms. The third kappa shape index (κ3) is 4.21. The van der Waals surface area contributed by atoms with E-state index in [9.17, 15) is 14.7 Å². The maximum atomic E-state index is 13.4. The zero-order valence-electron chi connectivity index (χ0n) is 19.6. The summed E-state index contributed by atoms with van der Waals surface area (Å²) >= 11 is 6.30. The number of hydrogen-bond donors (Lipinski definition) is 1. The first-order valence-corrected chi connectivity index (χ1v) is 11.1. The number of aliphatic hydroxyl groups excluding tert-OH is 1. The Morgan fingerprint density at radius 1 is 0.944 bits per heavy atom. The van der Waals surface area contributed by atoms with Crippen molar-refractivity contribution in [1.82, 2.24) is 0 Å². The van der Waals surface area contributed by atoms with Crippen LogP contribution < -0.4 is 19.1 Å². The van der Waals surface area contributed by atoms with Gasteiger partial charge in [-0.25, -0.2) is 0 Å². The molecular formula is C27H21ClN2O6. The summed E-state index contributed by atoms with van der Waals surface area (Å²) in [5.74, 6) is -1.07. The Morgan fingerprint density at radius 3 is 2.14 bits per heavy atom. The average molecular weight is 505 g/mol. The van der Waals surface area contributed by atoms with Crippen molar-refractivity contribution >= 4 is 34.7 Å². The second kappa shape index (κ2) is 10.0. The van der Waals surface area contributed by atoms with Gasteiger partial charge in [0.05, 0.1) is 55.2 Å². The fourth-order valence-electron chi connectivity index (χ4n) is 4.09. The van der Waals surface area contributed by atoms with Crippen molar-refractivity contribution in [2.24, 2.45) is 0 Å². The molecule has 1 saturated heterocycles. The minimum atomic E-state index is -0.977. The molecule has 1 heterocycles. The number of anilines is 1. The van der Waals surface area contributed by atoms with E-state index >= 15 is 0 Å². The Kier molecular flexibility index (Phi) is 6.86. The summed E-state index contributed by atoms with van der Waals surface area (Å²) in [4.78, 5) is 27.9. The maximum Gasteiger partial charge on any atom is 0.300 e. The number of carbonyl (C=O) groups is 2. The third-order valence-corrected chi connectivity index (χ3v) is 6.17. The number of hydrogen-bond acceptors (Lipinski definition) is 7. The number of benzene rings is 3. The van der Waals surface area contributed by atoms with Crippen LogP contribution in [-0.4, -0.2) is 38.1 Å². The van der Waals surface area contributed by atoms with Crippen molar-refractivity contribution in [3.8, 4) is 23.3 Å². The molecule has 1 unspecified atom stereocenters. The van der Waals surface area contributed by atoms with Gasteiger partial charge in [0.2, 0.25) is 0 Å². The van der Waals surface area contributed by atoms with E-state index in [4.69, 9.17) is 31.1 Å². The summed E-state index contributed by atoms with van der Waals surface area (Å²) in [6, 6.07) is 17.0. The summed E-state index contributed by atoms with van der Waals surface area (Å²) in [6.45, 7) is 0. The average Bonchev–Trinajstić information content (AvgIpc) is 3.18. The minimum Gasteiger partial charge on any atom is -0.507 e. The quantitative estimate of drug-likeness (QED) is 0.290. The molecule has 182 valence electrons. The van der Waals surface area contributed by atoms with Crippen LogP contribution in [-0.2, 0) is 9.59 Å². The molecule has 9 heteroatoms. The number of carbonyl (C=O) groups excluding carboxylic acids is 2. The van der Waals surface area contributed by atoms with E-state index in [0.717, 1.165) is 0 Å². The van der Waals surface area contributed by atoms with Crippen LogP contribution in [0, 0.1) is 11.3 Å². The molecular weight excluding hydrogens is 484 g/mol. The summed E-state index contributed by atoms with van der Waals surface area (Å²) in [5, 5.41) is 20.8. The molecule has 1 fully saturated rings. The highest BCUT2D eigenvalue weighted by Crippen LogP contribution is 2.45. The SMILES string of the molecule is COc1ccc(C2/C(=C(\O)c3cc(Cl)c(OC)cc3OC)C(=O)C(=O)N2c2ccc(C#N)cc2)cc1. The van der Waals surface area contributed by atoms with Crippen molar-refractivity contribution in [1.29, 1.82) is 5.26 Å². The first-order chi connectivity index (χ1) is 17.3. The number of aliphatic hydroxyl groups is 1. The van der Waals surface area contributed by atoms with Gasteiger partial charge in [-0.05, 0) is 48.0 Å². The number of ether oxygens (including phenoxy) is 3. The lowest BCUT2D eigenvalue weighted by atomic mass is 9.94. The van der Waals surface area contributed by atoms with Gasteiger partial charge in [0.25, 0.3) is 11.7 Å². The molecule has 8 nitrogen and oxygen atoms in total. The number of rotatable bonds is 6. The molecule has 1 aliphatic rings. The van der Waals surface area contributed by atoms with Gasteiger partial charge >= 0.3 is 0 Å². The van der Waals surface area contributed by atoms with Gasteiger partial charge in [-0.1, -0.05) is 23.7 Å². The Balaban J connectivity index is 1.97. The number of Topliss-reactive ketones (excluding diaryl/α,β-unsaturated/α-hetero) is 1. The van der Waals surface area contributed by atoms with Crippen molar-refractivity contribution < 1.29 is 28.9 Å². The van der Waals surface area contributed by atoms with Crippen LogP contribution in [0.15, 0.2) is 66.2 Å². The van der Waals surface area contributed by atoms with Gasteiger partial charge in [0, 0.05) is 11.8 Å². The summed E-state index contributed by atoms with van der Waals surface area (Å²) in [5.41, 5.74) is 1.32. The molecule has 0 saturated carbocycles. The minimum absolute atomic E-state index is 0.125. The molecule has 1 atom stereocenters. The van der Waals surface area contributed by atoms with E-state index in [1.165, 1.54) is 38.4 Å². The number of amides is 1. The summed E-state index contributed by atoms with van der Waals surface area (Å²) < 4.78 is 15.9. The first-order valence-electron chi connectivity index (χ1n) is 10.7. The lowest BCUT2D eigenvalue weighted by molar-refractivity contribution is -0.132. The monoisotopic (exact) mass is 504 g/mol. The normalized spacial score (nSPS) is 16.5. The van der Waals surface area contributed by atoms with Crippen LogP contribution in [0.2, 0.25) is 5.02 Å². The number of nitriles is 1. The highest BCUT2D eigenvalue weighted by molar-refractivity contribution is 6.51. The first kappa shape index (κ1) is 24.6. The van der Waals surface area contributed by atoms with Gasteiger partial charge in [-0.2, -0.15) is 5.26 Å². The number of methoxy groups -OCH3 is 3. The van der Waals surface area contributed by atoms with Crippen LogP contribution in [0.5, 0.6) is 17.2 Å². The van der Waals surface area contributed by atoms with Crippen LogP contribution in [0.3, 0.4) is 0 Å². The molecule has 1 N–H and O–H groups in total. The molecule has 0 spiro atoms. The highest BCUT2D eigenvalue weighted by atomic mass is 35.5. The van der Waals surface area contributed by atoms with E-state index in [2.05, 4.69) is 0 Å². The molecule has 0 aromatic heterocycles. The third-order valence-electron chi connectivity index (χ3n) is 5.88. The van der Waals surface area contributed by atoms with Crippen molar-refractivity contribution in [3.05, 3.63) is 87.9 Å². The molecule has 4 rings (SSSR count). The second-order valence-electron chi connectivity index (χ2n) is 7.79. The van der Waals surface area contributed by atoms with Gasteiger partial charge < -0.3 is 19.3 Å². The topological polar surface area (TPSA) is 109 Å². The van der Waals surface area contributed by atoms with E-state index in [1.54, 1.807) is 48.5 Å². The van der Waals surface area contributed by atoms with E-state index in [-0.39, 0.29) is 21.9 Å². The van der Waals surface area contributed by atoms with Crippen LogP contribution in [0.1, 0.15) is 22.7 Å². The highest BCUT2D eigenvalue weighted by Gasteiger charge is 2.47. The van der Waals surface area contributed by atoms with Gasteiger partial charge in [-0.15, -0.1) is 0 Å². The second-order valence-corrected chi connectivity index (χ2v) is 8.20. The van der Waals surface area contributed by atoms with Crippen LogP contribution in [0.4, 0.5) is 5.69 Å². The molecule has 0 aliphatic carbocycles. The predicted molar refractivity (Wildman–Crippen MR) is 133 cm³/mol. The number of nitrogens with zero attached hydrogens (tertiary/aromatic N) is 2. The Labute approximate surface area is 212 Å². The fraction of sp³-hybridized carbons (Fsp3) is 0.148. The molecule has 3 aromatic carbocycles. The van der Waals surface area contributed by atoms with Crippen molar-refractivity contribution in [2.45, 2.75) is 6.04 Å². The van der Waals surface area contributed by atoms with Gasteiger partial charge in [0.15, 0.2) is 0 Å². The van der Waals surface area contributed by atoms with E-state index < -0.39 is 23.5 Å². The number of halogens is 1.